The molecule has 3 saturated carbocycles. The van der Waals surface area contributed by atoms with Gasteiger partial charge in [-0.3, -0.25) is 0 Å². The Kier molecular flexibility index (Phi) is 3.79. The van der Waals surface area contributed by atoms with Gasteiger partial charge in [-0.15, -0.1) is 0 Å². The number of methoxy groups -OCH3 is 2. The molecule has 6 aliphatic rings. The molecular weight excluding hydrogens is 390 g/mol. The van der Waals surface area contributed by atoms with E-state index in [-0.39, 0.29) is 28.3 Å². The van der Waals surface area contributed by atoms with Gasteiger partial charge in [0, 0.05) is 35.5 Å². The summed E-state index contributed by atoms with van der Waals surface area (Å²) in [6.07, 6.45) is 4.99. The van der Waals surface area contributed by atoms with Crippen LogP contribution < -0.4 is 14.8 Å². The zero-order valence-corrected chi connectivity index (χ0v) is 19.8. The third-order valence-corrected chi connectivity index (χ3v) is 10.6. The smallest absolute Gasteiger partial charge is 0.165 e. The largest absolute Gasteiger partial charge is 0.493 e. The van der Waals surface area contributed by atoms with E-state index in [1.54, 1.807) is 7.11 Å². The first kappa shape index (κ1) is 20.3. The van der Waals surface area contributed by atoms with E-state index in [0.29, 0.717) is 6.04 Å². The lowest BCUT2D eigenvalue weighted by molar-refractivity contribution is -0.303. The van der Waals surface area contributed by atoms with Crippen LogP contribution in [0.25, 0.3) is 0 Å². The number of piperidine rings is 1. The van der Waals surface area contributed by atoms with E-state index in [2.05, 4.69) is 38.2 Å². The van der Waals surface area contributed by atoms with E-state index >= 15 is 0 Å². The standard InChI is InChI=1S/C26H37NO4/c1-22(2,3)23(4,28)17-14-24-9-10-26(17,30-6)21-25(24)11-12-27-18(24)13-15-7-8-16(29-5)20(31-21)19(15)25/h7-8,17-18,21,27-28H,9-14H2,1-6H3/t17-,18-,21-,23+,24?,25+,26?/m1/s1. The van der Waals surface area contributed by atoms with Gasteiger partial charge in [-0.2, -0.15) is 0 Å². The molecule has 7 rings (SSSR count). The van der Waals surface area contributed by atoms with Gasteiger partial charge < -0.3 is 24.6 Å². The van der Waals surface area contributed by atoms with Crippen LogP contribution in [0.15, 0.2) is 12.1 Å². The van der Waals surface area contributed by atoms with Crippen molar-refractivity contribution in [3.05, 3.63) is 23.3 Å². The molecule has 170 valence electrons. The Morgan fingerprint density at radius 3 is 2.58 bits per heavy atom. The second kappa shape index (κ2) is 5.78. The van der Waals surface area contributed by atoms with Gasteiger partial charge in [0.2, 0.25) is 0 Å². The number of nitrogens with one attached hydrogen (secondary N) is 1. The van der Waals surface area contributed by atoms with Gasteiger partial charge in [-0.1, -0.05) is 26.8 Å². The van der Waals surface area contributed by atoms with Crippen molar-refractivity contribution in [3.8, 4) is 11.5 Å². The number of aliphatic hydroxyl groups is 1. The average molecular weight is 428 g/mol. The van der Waals surface area contributed by atoms with Gasteiger partial charge in [0.15, 0.2) is 11.5 Å². The van der Waals surface area contributed by atoms with Crippen molar-refractivity contribution in [2.75, 3.05) is 20.8 Å². The highest BCUT2D eigenvalue weighted by Gasteiger charge is 2.81. The minimum absolute atomic E-state index is 0.00105. The van der Waals surface area contributed by atoms with Crippen LogP contribution in [-0.2, 0) is 16.6 Å². The van der Waals surface area contributed by atoms with E-state index in [1.807, 2.05) is 14.0 Å². The van der Waals surface area contributed by atoms with Crippen LogP contribution in [0, 0.1) is 16.7 Å². The number of ether oxygens (including phenoxy) is 3. The number of hydrogen-bond acceptors (Lipinski definition) is 5. The second-order valence-electron chi connectivity index (χ2n) is 12.0. The molecule has 2 unspecified atom stereocenters. The second-order valence-corrected chi connectivity index (χ2v) is 12.0. The summed E-state index contributed by atoms with van der Waals surface area (Å²) < 4.78 is 19.3. The molecule has 2 spiro atoms. The fraction of sp³-hybridized carbons (Fsp3) is 0.769. The molecule has 1 aromatic carbocycles. The molecule has 1 saturated heterocycles. The molecule has 4 bridgehead atoms. The molecule has 2 heterocycles. The summed E-state index contributed by atoms with van der Waals surface area (Å²) in [6.45, 7) is 9.48. The van der Waals surface area contributed by atoms with Crippen molar-refractivity contribution in [1.29, 1.82) is 0 Å². The molecule has 5 nitrogen and oxygen atoms in total. The minimum Gasteiger partial charge on any atom is -0.493 e. The molecule has 31 heavy (non-hydrogen) atoms. The van der Waals surface area contributed by atoms with Crippen LogP contribution >= 0.6 is 0 Å². The van der Waals surface area contributed by atoms with Crippen LogP contribution in [0.2, 0.25) is 0 Å². The number of rotatable bonds is 3. The summed E-state index contributed by atoms with van der Waals surface area (Å²) in [6, 6.07) is 4.73. The first-order valence-electron chi connectivity index (χ1n) is 12.0. The summed E-state index contributed by atoms with van der Waals surface area (Å²) in [7, 11) is 3.57. The zero-order valence-electron chi connectivity index (χ0n) is 19.8. The normalized spacial score (nSPS) is 43.8. The Labute approximate surface area is 185 Å². The van der Waals surface area contributed by atoms with Crippen molar-refractivity contribution in [3.63, 3.8) is 0 Å². The van der Waals surface area contributed by atoms with E-state index in [1.165, 1.54) is 11.1 Å². The third-order valence-electron chi connectivity index (χ3n) is 10.6. The molecule has 5 heteroatoms. The summed E-state index contributed by atoms with van der Waals surface area (Å²) >= 11 is 0. The molecule has 4 fully saturated rings. The number of benzene rings is 1. The first-order chi connectivity index (χ1) is 14.6. The van der Waals surface area contributed by atoms with E-state index in [9.17, 15) is 5.11 Å². The predicted octanol–water partition coefficient (Wildman–Crippen LogP) is 3.59. The maximum Gasteiger partial charge on any atom is 0.165 e. The topological polar surface area (TPSA) is 60.0 Å². The van der Waals surface area contributed by atoms with Crippen LogP contribution in [0.4, 0.5) is 0 Å². The molecule has 2 N–H and O–H groups in total. The Balaban J connectivity index is 1.64. The van der Waals surface area contributed by atoms with E-state index in [4.69, 9.17) is 14.2 Å². The molecule has 7 atom stereocenters. The van der Waals surface area contributed by atoms with Crippen molar-refractivity contribution in [1.82, 2.24) is 5.32 Å². The number of hydrogen-bond donors (Lipinski definition) is 2. The molecule has 2 aliphatic heterocycles. The van der Waals surface area contributed by atoms with Crippen LogP contribution in [0.5, 0.6) is 11.5 Å². The van der Waals surface area contributed by atoms with Gasteiger partial charge in [0.25, 0.3) is 0 Å². The van der Waals surface area contributed by atoms with Crippen LogP contribution in [-0.4, -0.2) is 49.2 Å². The lowest BCUT2D eigenvalue weighted by atomic mass is 9.33. The van der Waals surface area contributed by atoms with Crippen molar-refractivity contribution < 1.29 is 19.3 Å². The zero-order chi connectivity index (χ0) is 22.0. The van der Waals surface area contributed by atoms with Gasteiger partial charge in [0.05, 0.1) is 12.7 Å². The Morgan fingerprint density at radius 1 is 1.13 bits per heavy atom. The third kappa shape index (κ3) is 1.98. The first-order valence-corrected chi connectivity index (χ1v) is 12.0. The Bertz CT molecular complexity index is 951. The lowest BCUT2D eigenvalue weighted by Gasteiger charge is -2.74. The summed E-state index contributed by atoms with van der Waals surface area (Å²) in [5, 5.41) is 15.9. The summed E-state index contributed by atoms with van der Waals surface area (Å²) in [5.41, 5.74) is 1.13. The van der Waals surface area contributed by atoms with Crippen molar-refractivity contribution >= 4 is 0 Å². The molecule has 4 aliphatic carbocycles. The maximum absolute atomic E-state index is 12.0. The molecular formula is C26H37NO4. The van der Waals surface area contributed by atoms with Gasteiger partial charge in [0.1, 0.15) is 11.7 Å². The van der Waals surface area contributed by atoms with Crippen molar-refractivity contribution in [2.45, 2.75) is 88.6 Å². The quantitative estimate of drug-likeness (QED) is 0.772. The highest BCUT2D eigenvalue weighted by Crippen LogP contribution is 2.77. The Hall–Kier alpha value is -1.30. The van der Waals surface area contributed by atoms with Gasteiger partial charge in [-0.05, 0) is 62.6 Å². The SMILES string of the molecule is COc1ccc2c3c1O[C@H]1C4(OC)CCC5(C[C@@H]4[C@](C)(O)C(C)(C)C)[C@@H](C2)NCC[C@]315. The van der Waals surface area contributed by atoms with Gasteiger partial charge >= 0.3 is 0 Å². The van der Waals surface area contributed by atoms with E-state index in [0.717, 1.165) is 50.1 Å². The highest BCUT2D eigenvalue weighted by molar-refractivity contribution is 5.63. The number of fused-ring (bicyclic) bond motifs is 2. The summed E-state index contributed by atoms with van der Waals surface area (Å²) in [4.78, 5) is 0. The van der Waals surface area contributed by atoms with Crippen molar-refractivity contribution in [2.24, 2.45) is 16.7 Å². The van der Waals surface area contributed by atoms with Gasteiger partial charge in [-0.25, -0.2) is 0 Å². The monoisotopic (exact) mass is 427 g/mol. The Morgan fingerprint density at radius 2 is 1.90 bits per heavy atom. The lowest BCUT2D eigenvalue weighted by Crippen LogP contribution is -2.83. The van der Waals surface area contributed by atoms with E-state index < -0.39 is 11.2 Å². The van der Waals surface area contributed by atoms with Crippen LogP contribution in [0.1, 0.15) is 64.5 Å². The highest BCUT2D eigenvalue weighted by atomic mass is 16.6. The predicted molar refractivity (Wildman–Crippen MR) is 119 cm³/mol. The maximum atomic E-state index is 12.0. The van der Waals surface area contributed by atoms with Crippen LogP contribution in [0.3, 0.4) is 0 Å². The summed E-state index contributed by atoms with van der Waals surface area (Å²) in [5.74, 6) is 1.77. The molecule has 1 aromatic rings. The average Bonchev–Trinajstić information content (AvgIpc) is 3.09. The minimum atomic E-state index is -0.880. The fourth-order valence-corrected chi connectivity index (χ4v) is 8.68. The fourth-order valence-electron chi connectivity index (χ4n) is 8.68. The molecule has 0 aromatic heterocycles. The molecule has 0 amide bonds. The molecule has 0 radical (unpaired) electrons.